The number of phenols is 1. The molecule has 3 aromatic rings. The van der Waals surface area contributed by atoms with Gasteiger partial charge in [-0.25, -0.2) is 0 Å². The second kappa shape index (κ2) is 7.04. The molecule has 2 aliphatic rings. The van der Waals surface area contributed by atoms with Crippen LogP contribution in [0.1, 0.15) is 45.1 Å². The summed E-state index contributed by atoms with van der Waals surface area (Å²) in [5.74, 6) is 0.260. The summed E-state index contributed by atoms with van der Waals surface area (Å²) in [6.45, 7) is 1.67. The lowest BCUT2D eigenvalue weighted by Gasteiger charge is -2.33. The van der Waals surface area contributed by atoms with Crippen LogP contribution < -0.4 is 9.47 Å². The quantitative estimate of drug-likeness (QED) is 0.660. The molecule has 2 unspecified atom stereocenters. The molecule has 0 spiro atoms. The lowest BCUT2D eigenvalue weighted by molar-refractivity contribution is 0.0213. The summed E-state index contributed by atoms with van der Waals surface area (Å²) in [6.07, 6.45) is 0.0831. The molecule has 0 fully saturated rings. The number of ether oxygens (including phenoxy) is 2. The van der Waals surface area contributed by atoms with Gasteiger partial charge in [0, 0.05) is 5.56 Å². The Morgan fingerprint density at radius 3 is 2.27 bits per heavy atom. The Morgan fingerprint density at radius 2 is 1.57 bits per heavy atom. The van der Waals surface area contributed by atoms with Crippen molar-refractivity contribution < 1.29 is 24.5 Å². The highest BCUT2D eigenvalue weighted by molar-refractivity contribution is 6.06. The van der Waals surface area contributed by atoms with Crippen molar-refractivity contribution in [3.8, 4) is 17.2 Å². The van der Waals surface area contributed by atoms with Crippen molar-refractivity contribution in [2.45, 2.75) is 25.7 Å². The van der Waals surface area contributed by atoms with Crippen LogP contribution in [0, 0.1) is 6.92 Å². The standard InChI is InChI=1S/C25H20O5/c1-14-23(28)22-18(26)13-19(16-10-6-3-7-11-16)29-25(22)21-17(12-20(27)30-24(14)21)15-8-4-2-5-9-15/h2-12,19-20,27-28H,13H2,1H3. The second-order valence-electron chi connectivity index (χ2n) is 7.48. The van der Waals surface area contributed by atoms with Crippen molar-refractivity contribution >= 4 is 11.4 Å². The van der Waals surface area contributed by atoms with Crippen LogP contribution in [0.25, 0.3) is 5.57 Å². The molecule has 0 saturated carbocycles. The van der Waals surface area contributed by atoms with E-state index in [-0.39, 0.29) is 23.5 Å². The molecule has 2 heterocycles. The van der Waals surface area contributed by atoms with E-state index in [9.17, 15) is 15.0 Å². The molecule has 5 nitrogen and oxygen atoms in total. The molecule has 2 aliphatic heterocycles. The number of hydrogen-bond acceptors (Lipinski definition) is 5. The number of aliphatic hydroxyl groups excluding tert-OH is 1. The van der Waals surface area contributed by atoms with Crippen LogP contribution in [0.2, 0.25) is 0 Å². The highest BCUT2D eigenvalue weighted by atomic mass is 16.6. The van der Waals surface area contributed by atoms with Crippen molar-refractivity contribution in [1.82, 2.24) is 0 Å². The topological polar surface area (TPSA) is 76.0 Å². The highest BCUT2D eigenvalue weighted by Gasteiger charge is 2.38. The second-order valence-corrected chi connectivity index (χ2v) is 7.48. The maximum atomic E-state index is 13.1. The number of aliphatic hydroxyl groups is 1. The van der Waals surface area contributed by atoms with Gasteiger partial charge in [0.05, 0.1) is 12.0 Å². The Morgan fingerprint density at radius 1 is 0.900 bits per heavy atom. The number of aromatic hydroxyl groups is 1. The number of phenolic OH excluding ortho intramolecular Hbond substituents is 1. The number of carbonyl (C=O) groups excluding carboxylic acids is 1. The van der Waals surface area contributed by atoms with E-state index in [4.69, 9.17) is 9.47 Å². The molecule has 5 rings (SSSR count). The Hall–Kier alpha value is -3.57. The average Bonchev–Trinajstić information content (AvgIpc) is 2.77. The predicted octanol–water partition coefficient (Wildman–Crippen LogP) is 4.55. The number of ketones is 1. The summed E-state index contributed by atoms with van der Waals surface area (Å²) in [5, 5.41) is 21.1. The summed E-state index contributed by atoms with van der Waals surface area (Å²) in [5.41, 5.74) is 3.58. The van der Waals surface area contributed by atoms with Crippen LogP contribution in [0.4, 0.5) is 0 Å². The van der Waals surface area contributed by atoms with Gasteiger partial charge in [-0.3, -0.25) is 4.79 Å². The molecular formula is C25H20O5. The number of fused-ring (bicyclic) bond motifs is 3. The van der Waals surface area contributed by atoms with E-state index >= 15 is 0 Å². The van der Waals surface area contributed by atoms with Gasteiger partial charge in [-0.2, -0.15) is 0 Å². The van der Waals surface area contributed by atoms with Crippen molar-refractivity contribution in [2.24, 2.45) is 0 Å². The van der Waals surface area contributed by atoms with Gasteiger partial charge < -0.3 is 19.7 Å². The molecule has 0 aromatic heterocycles. The van der Waals surface area contributed by atoms with E-state index in [1.807, 2.05) is 60.7 Å². The SMILES string of the molecule is Cc1c(O)c2c(c3c1OC(O)C=C3c1ccccc1)OC(c1ccccc1)CC2=O. The van der Waals surface area contributed by atoms with Gasteiger partial charge in [-0.1, -0.05) is 60.7 Å². The van der Waals surface area contributed by atoms with E-state index in [0.717, 1.165) is 11.1 Å². The smallest absolute Gasteiger partial charge is 0.218 e. The van der Waals surface area contributed by atoms with E-state index in [2.05, 4.69) is 0 Å². The predicted molar refractivity (Wildman–Crippen MR) is 112 cm³/mol. The Labute approximate surface area is 173 Å². The van der Waals surface area contributed by atoms with E-state index in [0.29, 0.717) is 28.2 Å². The zero-order valence-corrected chi connectivity index (χ0v) is 16.3. The van der Waals surface area contributed by atoms with Crippen LogP contribution in [-0.2, 0) is 0 Å². The molecule has 0 amide bonds. The number of Topliss-reactive ketones (excluding diaryl/α,β-unsaturated/α-hetero) is 1. The summed E-state index contributed by atoms with van der Waals surface area (Å²) in [7, 11) is 0. The Kier molecular flexibility index (Phi) is 4.33. The van der Waals surface area contributed by atoms with Crippen LogP contribution in [0.5, 0.6) is 17.2 Å². The number of benzene rings is 3. The molecule has 2 atom stereocenters. The fourth-order valence-electron chi connectivity index (χ4n) is 4.13. The van der Waals surface area contributed by atoms with Crippen LogP contribution in [0.3, 0.4) is 0 Å². The first kappa shape index (κ1) is 18.5. The number of carbonyl (C=O) groups is 1. The maximum Gasteiger partial charge on any atom is 0.218 e. The third-order valence-corrected chi connectivity index (χ3v) is 5.60. The van der Waals surface area contributed by atoms with Gasteiger partial charge in [0.15, 0.2) is 5.78 Å². The first-order valence-electron chi connectivity index (χ1n) is 9.81. The monoisotopic (exact) mass is 400 g/mol. The minimum atomic E-state index is -1.17. The molecule has 30 heavy (non-hydrogen) atoms. The zero-order chi connectivity index (χ0) is 20.8. The Balaban J connectivity index is 1.75. The lowest BCUT2D eigenvalue weighted by Crippen LogP contribution is -2.25. The third-order valence-electron chi connectivity index (χ3n) is 5.60. The van der Waals surface area contributed by atoms with Crippen molar-refractivity contribution in [3.63, 3.8) is 0 Å². The zero-order valence-electron chi connectivity index (χ0n) is 16.3. The van der Waals surface area contributed by atoms with Crippen molar-refractivity contribution in [2.75, 3.05) is 0 Å². The molecule has 0 radical (unpaired) electrons. The average molecular weight is 400 g/mol. The van der Waals surface area contributed by atoms with E-state index in [1.54, 1.807) is 13.0 Å². The lowest BCUT2D eigenvalue weighted by atomic mass is 9.86. The van der Waals surface area contributed by atoms with E-state index in [1.165, 1.54) is 0 Å². The number of rotatable bonds is 2. The Bertz CT molecular complexity index is 1170. The maximum absolute atomic E-state index is 13.1. The summed E-state index contributed by atoms with van der Waals surface area (Å²) >= 11 is 0. The van der Waals surface area contributed by atoms with E-state index < -0.39 is 12.4 Å². The minimum absolute atomic E-state index is 0.136. The number of hydrogen-bond donors (Lipinski definition) is 2. The van der Waals surface area contributed by atoms with Gasteiger partial charge >= 0.3 is 0 Å². The molecular weight excluding hydrogens is 380 g/mol. The summed E-state index contributed by atoms with van der Waals surface area (Å²) in [6, 6.07) is 19.1. The van der Waals surface area contributed by atoms with Gasteiger partial charge in [-0.05, 0) is 29.7 Å². The normalized spacial score (nSPS) is 19.8. The molecule has 3 aromatic carbocycles. The molecule has 0 bridgehead atoms. The summed E-state index contributed by atoms with van der Waals surface area (Å²) in [4.78, 5) is 13.1. The first-order chi connectivity index (χ1) is 14.5. The fraction of sp³-hybridized carbons (Fsp3) is 0.160. The van der Waals surface area contributed by atoms with Crippen LogP contribution in [-0.4, -0.2) is 22.3 Å². The highest BCUT2D eigenvalue weighted by Crippen LogP contribution is 2.53. The van der Waals surface area contributed by atoms with Crippen molar-refractivity contribution in [1.29, 1.82) is 0 Å². The first-order valence-corrected chi connectivity index (χ1v) is 9.81. The van der Waals surface area contributed by atoms with Gasteiger partial charge in [-0.15, -0.1) is 0 Å². The molecule has 0 aliphatic carbocycles. The third kappa shape index (κ3) is 2.86. The molecule has 5 heteroatoms. The minimum Gasteiger partial charge on any atom is -0.507 e. The van der Waals surface area contributed by atoms with Gasteiger partial charge in [0.2, 0.25) is 6.29 Å². The van der Waals surface area contributed by atoms with Crippen molar-refractivity contribution in [3.05, 3.63) is 94.6 Å². The summed E-state index contributed by atoms with van der Waals surface area (Å²) < 4.78 is 12.0. The molecule has 0 saturated heterocycles. The van der Waals surface area contributed by atoms with Gasteiger partial charge in [0.1, 0.15) is 28.9 Å². The molecule has 2 N–H and O–H groups in total. The largest absolute Gasteiger partial charge is 0.507 e. The van der Waals surface area contributed by atoms with Crippen LogP contribution >= 0.6 is 0 Å². The van der Waals surface area contributed by atoms with Crippen LogP contribution in [0.15, 0.2) is 66.7 Å². The molecule has 150 valence electrons. The fourth-order valence-corrected chi connectivity index (χ4v) is 4.13. The van der Waals surface area contributed by atoms with Gasteiger partial charge in [0.25, 0.3) is 0 Å².